The lowest BCUT2D eigenvalue weighted by molar-refractivity contribution is 0.0980. The molecular formula is C18H22O2. The molecule has 0 saturated carbocycles. The zero-order valence-corrected chi connectivity index (χ0v) is 12.1. The molecule has 0 unspecified atom stereocenters. The fourth-order valence-electron chi connectivity index (χ4n) is 2.55. The van der Waals surface area contributed by atoms with E-state index in [1.54, 1.807) is 12.1 Å². The lowest BCUT2D eigenvalue weighted by Crippen LogP contribution is -2.00. The molecule has 0 saturated heterocycles. The van der Waals surface area contributed by atoms with E-state index >= 15 is 0 Å². The largest absolute Gasteiger partial charge is 0.507 e. The Kier molecular flexibility index (Phi) is 5.16. The summed E-state index contributed by atoms with van der Waals surface area (Å²) in [5, 5.41) is 11.4. The highest BCUT2D eigenvalue weighted by Crippen LogP contribution is 2.28. The smallest absolute Gasteiger partial charge is 0.163 e. The summed E-state index contributed by atoms with van der Waals surface area (Å²) in [5.41, 5.74) is 0.730. The number of phenols is 1. The van der Waals surface area contributed by atoms with E-state index in [0.717, 1.165) is 29.2 Å². The van der Waals surface area contributed by atoms with Crippen LogP contribution in [0.1, 0.15) is 55.8 Å². The van der Waals surface area contributed by atoms with Gasteiger partial charge in [0.25, 0.3) is 0 Å². The van der Waals surface area contributed by atoms with Crippen LogP contribution in [-0.4, -0.2) is 10.9 Å². The number of unbranched alkanes of at least 4 members (excludes halogenated alkanes) is 4. The Morgan fingerprint density at radius 3 is 2.40 bits per heavy atom. The maximum Gasteiger partial charge on any atom is 0.163 e. The van der Waals surface area contributed by atoms with Crippen molar-refractivity contribution in [2.45, 2.75) is 45.4 Å². The van der Waals surface area contributed by atoms with Crippen LogP contribution < -0.4 is 0 Å². The van der Waals surface area contributed by atoms with Crippen LogP contribution in [0.5, 0.6) is 5.75 Å². The summed E-state index contributed by atoms with van der Waals surface area (Å²) in [6.07, 6.45) is 6.34. The second-order valence-corrected chi connectivity index (χ2v) is 5.27. The van der Waals surface area contributed by atoms with Gasteiger partial charge in [0.05, 0.1) is 0 Å². The highest BCUT2D eigenvalue weighted by atomic mass is 16.3. The number of phenolic OH excluding ortho intramolecular Hbond substituents is 1. The van der Waals surface area contributed by atoms with Gasteiger partial charge in [0.1, 0.15) is 5.75 Å². The molecular weight excluding hydrogens is 248 g/mol. The average molecular weight is 270 g/mol. The quantitative estimate of drug-likeness (QED) is 0.562. The second kappa shape index (κ2) is 7.09. The lowest BCUT2D eigenvalue weighted by Gasteiger charge is -2.07. The number of ketones is 1. The first-order valence-corrected chi connectivity index (χ1v) is 7.48. The van der Waals surface area contributed by atoms with Gasteiger partial charge in [0, 0.05) is 17.4 Å². The zero-order valence-electron chi connectivity index (χ0n) is 12.1. The molecule has 2 heteroatoms. The molecule has 1 N–H and O–H groups in total. The Balaban J connectivity index is 2.09. The van der Waals surface area contributed by atoms with E-state index in [1.165, 1.54) is 19.3 Å². The van der Waals surface area contributed by atoms with Crippen molar-refractivity contribution in [2.75, 3.05) is 0 Å². The Labute approximate surface area is 120 Å². The zero-order chi connectivity index (χ0) is 14.4. The Morgan fingerprint density at radius 2 is 1.65 bits per heavy atom. The SMILES string of the molecule is CCCCCCCC(=O)c1ccc(O)c2ccccc12. The fraction of sp³-hybridized carbons (Fsp3) is 0.389. The van der Waals surface area contributed by atoms with Crippen molar-refractivity contribution in [3.63, 3.8) is 0 Å². The van der Waals surface area contributed by atoms with Gasteiger partial charge in [-0.15, -0.1) is 0 Å². The number of benzene rings is 2. The molecule has 0 bridgehead atoms. The third-order valence-corrected chi connectivity index (χ3v) is 3.71. The molecule has 0 amide bonds. The topological polar surface area (TPSA) is 37.3 Å². The molecule has 0 aliphatic heterocycles. The summed E-state index contributed by atoms with van der Waals surface area (Å²) >= 11 is 0. The van der Waals surface area contributed by atoms with Gasteiger partial charge in [-0.05, 0) is 23.9 Å². The van der Waals surface area contributed by atoms with Crippen LogP contribution in [0.15, 0.2) is 36.4 Å². The van der Waals surface area contributed by atoms with Crippen LogP contribution in [0.4, 0.5) is 0 Å². The molecule has 0 aromatic heterocycles. The van der Waals surface area contributed by atoms with Gasteiger partial charge in [-0.25, -0.2) is 0 Å². The van der Waals surface area contributed by atoms with Crippen molar-refractivity contribution in [3.8, 4) is 5.75 Å². The Morgan fingerprint density at radius 1 is 0.950 bits per heavy atom. The first-order valence-electron chi connectivity index (χ1n) is 7.48. The number of fused-ring (bicyclic) bond motifs is 1. The van der Waals surface area contributed by atoms with Crippen LogP contribution in [0.3, 0.4) is 0 Å². The van der Waals surface area contributed by atoms with Gasteiger partial charge < -0.3 is 5.11 Å². The summed E-state index contributed by atoms with van der Waals surface area (Å²) in [4.78, 5) is 12.3. The third kappa shape index (κ3) is 3.38. The standard InChI is InChI=1S/C18H22O2/c1-2-3-4-5-6-11-17(19)16-12-13-18(20)15-10-8-7-9-14(15)16/h7-10,12-13,20H,2-6,11H2,1H3. The van der Waals surface area contributed by atoms with Crippen LogP contribution in [-0.2, 0) is 0 Å². The molecule has 0 atom stereocenters. The number of rotatable bonds is 7. The number of carbonyl (C=O) groups excluding carboxylic acids is 1. The molecule has 0 spiro atoms. The Hall–Kier alpha value is -1.83. The van der Waals surface area contributed by atoms with Crippen molar-refractivity contribution in [1.29, 1.82) is 0 Å². The van der Waals surface area contributed by atoms with Crippen molar-refractivity contribution < 1.29 is 9.90 Å². The molecule has 0 fully saturated rings. The second-order valence-electron chi connectivity index (χ2n) is 5.27. The number of Topliss-reactive ketones (excluding diaryl/α,β-unsaturated/α-hetero) is 1. The Bertz CT molecular complexity index is 587. The van der Waals surface area contributed by atoms with Crippen molar-refractivity contribution >= 4 is 16.6 Å². The van der Waals surface area contributed by atoms with E-state index in [1.807, 2.05) is 24.3 Å². The van der Waals surface area contributed by atoms with E-state index in [0.29, 0.717) is 6.42 Å². The molecule has 20 heavy (non-hydrogen) atoms. The molecule has 2 nitrogen and oxygen atoms in total. The van der Waals surface area contributed by atoms with E-state index < -0.39 is 0 Å². The van der Waals surface area contributed by atoms with Gasteiger partial charge in [0.2, 0.25) is 0 Å². The van der Waals surface area contributed by atoms with Gasteiger partial charge in [-0.3, -0.25) is 4.79 Å². The summed E-state index contributed by atoms with van der Waals surface area (Å²) in [7, 11) is 0. The van der Waals surface area contributed by atoms with E-state index in [-0.39, 0.29) is 11.5 Å². The van der Waals surface area contributed by atoms with Gasteiger partial charge >= 0.3 is 0 Å². The minimum absolute atomic E-state index is 0.178. The fourth-order valence-corrected chi connectivity index (χ4v) is 2.55. The van der Waals surface area contributed by atoms with Crippen LogP contribution in [0, 0.1) is 0 Å². The van der Waals surface area contributed by atoms with Gasteiger partial charge in [0.15, 0.2) is 5.78 Å². The molecule has 2 rings (SSSR count). The number of hydrogen-bond acceptors (Lipinski definition) is 2. The first-order chi connectivity index (χ1) is 9.74. The number of aromatic hydroxyl groups is 1. The van der Waals surface area contributed by atoms with Crippen molar-refractivity contribution in [3.05, 3.63) is 42.0 Å². The van der Waals surface area contributed by atoms with Crippen LogP contribution >= 0.6 is 0 Å². The highest BCUT2D eigenvalue weighted by molar-refractivity contribution is 6.09. The van der Waals surface area contributed by atoms with Crippen LogP contribution in [0.25, 0.3) is 10.8 Å². The monoisotopic (exact) mass is 270 g/mol. The maximum absolute atomic E-state index is 12.3. The van der Waals surface area contributed by atoms with Crippen molar-refractivity contribution in [1.82, 2.24) is 0 Å². The highest BCUT2D eigenvalue weighted by Gasteiger charge is 2.11. The lowest BCUT2D eigenvalue weighted by atomic mass is 9.97. The predicted octanol–water partition coefficient (Wildman–Crippen LogP) is 5.09. The van der Waals surface area contributed by atoms with E-state index in [4.69, 9.17) is 0 Å². The minimum atomic E-state index is 0.178. The number of carbonyl (C=O) groups is 1. The van der Waals surface area contributed by atoms with E-state index in [9.17, 15) is 9.90 Å². The van der Waals surface area contributed by atoms with Gasteiger partial charge in [-0.2, -0.15) is 0 Å². The summed E-state index contributed by atoms with van der Waals surface area (Å²) in [6, 6.07) is 10.9. The minimum Gasteiger partial charge on any atom is -0.507 e. The summed E-state index contributed by atoms with van der Waals surface area (Å²) in [6.45, 7) is 2.19. The normalized spacial score (nSPS) is 10.8. The molecule has 2 aromatic carbocycles. The molecule has 0 radical (unpaired) electrons. The van der Waals surface area contributed by atoms with E-state index in [2.05, 4.69) is 6.92 Å². The molecule has 0 heterocycles. The van der Waals surface area contributed by atoms with Crippen LogP contribution in [0.2, 0.25) is 0 Å². The first kappa shape index (κ1) is 14.6. The summed E-state index contributed by atoms with van der Waals surface area (Å²) < 4.78 is 0. The number of hydrogen-bond donors (Lipinski definition) is 1. The summed E-state index contributed by atoms with van der Waals surface area (Å²) in [5.74, 6) is 0.415. The maximum atomic E-state index is 12.3. The average Bonchev–Trinajstić information content (AvgIpc) is 2.47. The van der Waals surface area contributed by atoms with Crippen molar-refractivity contribution in [2.24, 2.45) is 0 Å². The molecule has 0 aliphatic rings. The third-order valence-electron chi connectivity index (χ3n) is 3.71. The molecule has 2 aromatic rings. The van der Waals surface area contributed by atoms with Gasteiger partial charge in [-0.1, -0.05) is 56.9 Å². The molecule has 106 valence electrons. The predicted molar refractivity (Wildman–Crippen MR) is 83.3 cm³/mol. The molecule has 0 aliphatic carbocycles.